The number of nitrogens with one attached hydrogen (secondary N) is 1. The predicted molar refractivity (Wildman–Crippen MR) is 54.7 cm³/mol. The lowest BCUT2D eigenvalue weighted by molar-refractivity contribution is -0.136. The van der Waals surface area contributed by atoms with Crippen molar-refractivity contribution in [1.29, 1.82) is 0 Å². The summed E-state index contributed by atoms with van der Waals surface area (Å²) in [7, 11) is 0. The smallest absolute Gasteiger partial charge is 0.267 e. The summed E-state index contributed by atoms with van der Waals surface area (Å²) in [6, 6.07) is 2.28. The zero-order chi connectivity index (χ0) is 11.7. The summed E-state index contributed by atoms with van der Waals surface area (Å²) in [4.78, 5) is 34.0. The first-order valence-electron chi connectivity index (χ1n) is 4.98. The molecule has 0 spiro atoms. The molecule has 0 aromatic carbocycles. The summed E-state index contributed by atoms with van der Waals surface area (Å²) in [6.07, 6.45) is 0.555. The van der Waals surface area contributed by atoms with Crippen LogP contribution >= 0.6 is 0 Å². The lowest BCUT2D eigenvalue weighted by Crippen LogP contribution is -2.45. The second-order valence-corrected chi connectivity index (χ2v) is 3.72. The van der Waals surface area contributed by atoms with Gasteiger partial charge in [-0.15, -0.1) is 0 Å². The van der Waals surface area contributed by atoms with Crippen LogP contribution in [0.15, 0.2) is 16.9 Å². The highest BCUT2D eigenvalue weighted by Crippen LogP contribution is 2.15. The Labute approximate surface area is 91.3 Å². The van der Waals surface area contributed by atoms with Crippen molar-refractivity contribution < 1.29 is 9.59 Å². The lowest BCUT2D eigenvalue weighted by atomic mass is 10.1. The Morgan fingerprint density at radius 3 is 2.81 bits per heavy atom. The number of amides is 2. The van der Waals surface area contributed by atoms with Gasteiger partial charge in [-0.05, 0) is 19.4 Å². The molecule has 6 heteroatoms. The van der Waals surface area contributed by atoms with Crippen LogP contribution in [0.5, 0.6) is 0 Å². The van der Waals surface area contributed by atoms with Crippen LogP contribution in [0, 0.1) is 6.92 Å². The van der Waals surface area contributed by atoms with Gasteiger partial charge in [-0.1, -0.05) is 0 Å². The SMILES string of the molecule is Cc1ccc(=O)n(C2CCC(=O)NC2=O)n1. The van der Waals surface area contributed by atoms with Crippen LogP contribution in [0.4, 0.5) is 0 Å². The zero-order valence-electron chi connectivity index (χ0n) is 8.77. The van der Waals surface area contributed by atoms with Gasteiger partial charge >= 0.3 is 0 Å². The van der Waals surface area contributed by atoms with Gasteiger partial charge in [-0.3, -0.25) is 19.7 Å². The maximum atomic E-state index is 11.5. The van der Waals surface area contributed by atoms with Gasteiger partial charge in [0.15, 0.2) is 0 Å². The molecule has 0 aliphatic carbocycles. The molecule has 2 rings (SSSR count). The Balaban J connectivity index is 2.37. The average molecular weight is 221 g/mol. The van der Waals surface area contributed by atoms with Crippen molar-refractivity contribution in [3.63, 3.8) is 0 Å². The number of carbonyl (C=O) groups is 2. The van der Waals surface area contributed by atoms with E-state index in [9.17, 15) is 14.4 Å². The van der Waals surface area contributed by atoms with Gasteiger partial charge in [0.25, 0.3) is 11.5 Å². The van der Waals surface area contributed by atoms with Gasteiger partial charge in [-0.2, -0.15) is 5.10 Å². The van der Waals surface area contributed by atoms with Crippen molar-refractivity contribution in [3.05, 3.63) is 28.2 Å². The molecule has 1 aromatic rings. The normalized spacial score (nSPS) is 20.7. The number of carbonyl (C=O) groups excluding carboxylic acids is 2. The molecule has 1 N–H and O–H groups in total. The van der Waals surface area contributed by atoms with E-state index in [-0.39, 0.29) is 17.9 Å². The van der Waals surface area contributed by atoms with Crippen molar-refractivity contribution in [1.82, 2.24) is 15.1 Å². The van der Waals surface area contributed by atoms with Crippen molar-refractivity contribution in [2.75, 3.05) is 0 Å². The molecule has 6 nitrogen and oxygen atoms in total. The number of hydrogen-bond acceptors (Lipinski definition) is 4. The van der Waals surface area contributed by atoms with Gasteiger partial charge < -0.3 is 0 Å². The Hall–Kier alpha value is -1.98. The zero-order valence-corrected chi connectivity index (χ0v) is 8.77. The van der Waals surface area contributed by atoms with E-state index in [1.165, 1.54) is 6.07 Å². The van der Waals surface area contributed by atoms with Crippen LogP contribution in [-0.2, 0) is 9.59 Å². The number of rotatable bonds is 1. The summed E-state index contributed by atoms with van der Waals surface area (Å²) in [5.41, 5.74) is 0.324. The van der Waals surface area contributed by atoms with E-state index in [4.69, 9.17) is 0 Å². The minimum absolute atomic E-state index is 0.235. The number of imide groups is 1. The predicted octanol–water partition coefficient (Wildman–Crippen LogP) is -0.471. The first-order valence-corrected chi connectivity index (χ1v) is 4.98. The molecule has 16 heavy (non-hydrogen) atoms. The summed E-state index contributed by atoms with van der Waals surface area (Å²) in [5.74, 6) is -0.765. The van der Waals surface area contributed by atoms with Crippen LogP contribution in [0.25, 0.3) is 0 Å². The summed E-state index contributed by atoms with van der Waals surface area (Å²) in [5, 5.41) is 6.20. The quantitative estimate of drug-likeness (QED) is 0.650. The maximum Gasteiger partial charge on any atom is 0.267 e. The summed E-state index contributed by atoms with van der Waals surface area (Å²) in [6.45, 7) is 1.74. The van der Waals surface area contributed by atoms with E-state index in [1.54, 1.807) is 13.0 Å². The van der Waals surface area contributed by atoms with Gasteiger partial charge in [-0.25, -0.2) is 4.68 Å². The number of aryl methyl sites for hydroxylation is 1. The minimum atomic E-state index is -0.676. The van der Waals surface area contributed by atoms with E-state index < -0.39 is 11.9 Å². The summed E-state index contributed by atoms with van der Waals surface area (Å²) < 4.78 is 1.14. The molecule has 0 radical (unpaired) electrons. The molecular weight excluding hydrogens is 210 g/mol. The Morgan fingerprint density at radius 2 is 2.12 bits per heavy atom. The van der Waals surface area contributed by atoms with Crippen molar-refractivity contribution >= 4 is 11.8 Å². The monoisotopic (exact) mass is 221 g/mol. The average Bonchev–Trinajstić information content (AvgIpc) is 2.22. The van der Waals surface area contributed by atoms with Crippen LogP contribution in [0.2, 0.25) is 0 Å². The van der Waals surface area contributed by atoms with Crippen LogP contribution in [0.3, 0.4) is 0 Å². The maximum absolute atomic E-state index is 11.5. The third kappa shape index (κ3) is 1.86. The van der Waals surface area contributed by atoms with Crippen molar-refractivity contribution in [3.8, 4) is 0 Å². The first kappa shape index (κ1) is 10.5. The van der Waals surface area contributed by atoms with Crippen molar-refractivity contribution in [2.24, 2.45) is 0 Å². The van der Waals surface area contributed by atoms with E-state index >= 15 is 0 Å². The highest BCUT2D eigenvalue weighted by Gasteiger charge is 2.29. The summed E-state index contributed by atoms with van der Waals surface area (Å²) >= 11 is 0. The topological polar surface area (TPSA) is 81.1 Å². The molecule has 1 fully saturated rings. The Bertz CT molecular complexity index is 506. The standard InChI is InChI=1S/C10H11N3O3/c1-6-2-5-9(15)13(12-6)7-3-4-8(14)11-10(7)16/h2,5,7H,3-4H2,1H3,(H,11,14,16). The molecule has 1 aromatic heterocycles. The van der Waals surface area contributed by atoms with Crippen molar-refractivity contribution in [2.45, 2.75) is 25.8 Å². The molecule has 1 atom stereocenters. The van der Waals surface area contributed by atoms with Crippen LogP contribution < -0.4 is 10.9 Å². The van der Waals surface area contributed by atoms with Gasteiger partial charge in [0, 0.05) is 12.5 Å². The molecule has 2 heterocycles. The second kappa shape index (κ2) is 3.88. The number of nitrogens with zero attached hydrogens (tertiary/aromatic N) is 2. The van der Waals surface area contributed by atoms with Gasteiger partial charge in [0.05, 0.1) is 5.69 Å². The second-order valence-electron chi connectivity index (χ2n) is 3.72. The molecule has 1 unspecified atom stereocenters. The van der Waals surface area contributed by atoms with E-state index in [2.05, 4.69) is 10.4 Å². The van der Waals surface area contributed by atoms with Gasteiger partial charge in [0.1, 0.15) is 6.04 Å². The largest absolute Gasteiger partial charge is 0.295 e. The highest BCUT2D eigenvalue weighted by molar-refractivity contribution is 5.99. The number of hydrogen-bond donors (Lipinski definition) is 1. The van der Waals surface area contributed by atoms with Crippen LogP contribution in [-0.4, -0.2) is 21.6 Å². The highest BCUT2D eigenvalue weighted by atomic mass is 16.2. The minimum Gasteiger partial charge on any atom is -0.295 e. The third-order valence-corrected chi connectivity index (χ3v) is 2.46. The van der Waals surface area contributed by atoms with Crippen LogP contribution in [0.1, 0.15) is 24.6 Å². The number of piperidine rings is 1. The number of aromatic nitrogens is 2. The Kier molecular flexibility index (Phi) is 2.55. The third-order valence-electron chi connectivity index (χ3n) is 2.46. The molecule has 2 amide bonds. The molecule has 1 aliphatic heterocycles. The van der Waals surface area contributed by atoms with Gasteiger partial charge in [0.2, 0.25) is 5.91 Å². The fourth-order valence-corrected chi connectivity index (χ4v) is 1.66. The molecular formula is C10H11N3O3. The van der Waals surface area contributed by atoms with E-state index in [1.807, 2.05) is 0 Å². The first-order chi connectivity index (χ1) is 7.58. The molecule has 1 aliphatic rings. The fraction of sp³-hybridized carbons (Fsp3) is 0.400. The molecule has 1 saturated heterocycles. The molecule has 0 saturated carbocycles. The van der Waals surface area contributed by atoms with E-state index in [0.717, 1.165) is 4.68 Å². The van der Waals surface area contributed by atoms with E-state index in [0.29, 0.717) is 12.1 Å². The molecule has 84 valence electrons. The fourth-order valence-electron chi connectivity index (χ4n) is 1.66. The molecule has 0 bridgehead atoms. The Morgan fingerprint density at radius 1 is 1.38 bits per heavy atom. The lowest BCUT2D eigenvalue weighted by Gasteiger charge is -2.21.